The van der Waals surface area contributed by atoms with Gasteiger partial charge < -0.3 is 5.32 Å². The smallest absolute Gasteiger partial charge is 0.274 e. The summed E-state index contributed by atoms with van der Waals surface area (Å²) in [6.45, 7) is 1.68. The van der Waals surface area contributed by atoms with Crippen LogP contribution in [0.15, 0.2) is 36.4 Å². The van der Waals surface area contributed by atoms with E-state index in [1.165, 1.54) is 6.07 Å². The van der Waals surface area contributed by atoms with Crippen LogP contribution in [0.5, 0.6) is 0 Å². The molecular formula is C14H12F2N2O2. The van der Waals surface area contributed by atoms with Crippen LogP contribution in [0.1, 0.15) is 11.1 Å². The number of aryl methyl sites for hydroxylation is 1. The minimum atomic E-state index is -0.530. The van der Waals surface area contributed by atoms with E-state index >= 15 is 0 Å². The molecular weight excluding hydrogens is 266 g/mol. The maximum Gasteiger partial charge on any atom is 0.274 e. The van der Waals surface area contributed by atoms with E-state index in [0.29, 0.717) is 11.3 Å². The highest BCUT2D eigenvalue weighted by molar-refractivity contribution is 5.55. The molecule has 0 atom stereocenters. The number of hydrogen-bond donors (Lipinski definition) is 1. The Kier molecular flexibility index (Phi) is 3.93. The van der Waals surface area contributed by atoms with Crippen molar-refractivity contribution in [2.24, 2.45) is 0 Å². The molecule has 0 spiro atoms. The lowest BCUT2D eigenvalue weighted by molar-refractivity contribution is -0.385. The van der Waals surface area contributed by atoms with E-state index in [-0.39, 0.29) is 17.8 Å². The molecule has 2 aromatic carbocycles. The fourth-order valence-electron chi connectivity index (χ4n) is 1.79. The predicted molar refractivity (Wildman–Crippen MR) is 71.5 cm³/mol. The van der Waals surface area contributed by atoms with E-state index in [9.17, 15) is 18.9 Å². The minimum absolute atomic E-state index is 0.0188. The van der Waals surface area contributed by atoms with Crippen LogP contribution in [0.3, 0.4) is 0 Å². The molecule has 0 aliphatic heterocycles. The van der Waals surface area contributed by atoms with E-state index in [4.69, 9.17) is 0 Å². The van der Waals surface area contributed by atoms with Crippen molar-refractivity contribution in [2.45, 2.75) is 13.5 Å². The van der Waals surface area contributed by atoms with Gasteiger partial charge in [-0.05, 0) is 31.2 Å². The SMILES string of the molecule is Cc1ccc(NCc2cc(F)ccc2F)cc1[N+](=O)[O-]. The lowest BCUT2D eigenvalue weighted by Crippen LogP contribution is -2.03. The van der Waals surface area contributed by atoms with Gasteiger partial charge >= 0.3 is 0 Å². The molecule has 0 unspecified atom stereocenters. The van der Waals surface area contributed by atoms with Gasteiger partial charge in [-0.25, -0.2) is 8.78 Å². The number of hydrogen-bond acceptors (Lipinski definition) is 3. The number of benzene rings is 2. The molecule has 2 rings (SSSR count). The normalized spacial score (nSPS) is 10.3. The van der Waals surface area contributed by atoms with Crippen LogP contribution in [-0.2, 0) is 6.54 Å². The summed E-state index contributed by atoms with van der Waals surface area (Å²) >= 11 is 0. The van der Waals surface area contributed by atoms with Crippen LogP contribution in [0.4, 0.5) is 20.2 Å². The molecule has 2 aromatic rings. The second kappa shape index (κ2) is 5.64. The largest absolute Gasteiger partial charge is 0.381 e. The Labute approximate surface area is 114 Å². The number of nitrogens with zero attached hydrogens (tertiary/aromatic N) is 1. The monoisotopic (exact) mass is 278 g/mol. The number of nitrogens with one attached hydrogen (secondary N) is 1. The number of halogens is 2. The summed E-state index contributed by atoms with van der Waals surface area (Å²) in [4.78, 5) is 10.3. The number of rotatable bonds is 4. The van der Waals surface area contributed by atoms with Crippen molar-refractivity contribution >= 4 is 11.4 Å². The molecule has 0 saturated carbocycles. The second-order valence-corrected chi connectivity index (χ2v) is 4.35. The molecule has 0 heterocycles. The molecule has 4 nitrogen and oxygen atoms in total. The van der Waals surface area contributed by atoms with Gasteiger partial charge in [0.05, 0.1) is 4.92 Å². The predicted octanol–water partition coefficient (Wildman–Crippen LogP) is 3.79. The van der Waals surface area contributed by atoms with Gasteiger partial charge in [-0.2, -0.15) is 0 Å². The van der Waals surface area contributed by atoms with Crippen molar-refractivity contribution in [1.29, 1.82) is 0 Å². The molecule has 20 heavy (non-hydrogen) atoms. The lowest BCUT2D eigenvalue weighted by Gasteiger charge is -2.08. The Balaban J connectivity index is 2.17. The first-order chi connectivity index (χ1) is 9.47. The quantitative estimate of drug-likeness (QED) is 0.683. The van der Waals surface area contributed by atoms with Gasteiger partial charge in [0.1, 0.15) is 11.6 Å². The van der Waals surface area contributed by atoms with E-state index in [0.717, 1.165) is 18.2 Å². The van der Waals surface area contributed by atoms with Crippen molar-refractivity contribution in [1.82, 2.24) is 0 Å². The molecule has 104 valence electrons. The first-order valence-corrected chi connectivity index (χ1v) is 5.90. The van der Waals surface area contributed by atoms with E-state index in [1.54, 1.807) is 19.1 Å². The lowest BCUT2D eigenvalue weighted by atomic mass is 10.1. The Morgan fingerprint density at radius 2 is 1.95 bits per heavy atom. The molecule has 0 bridgehead atoms. The molecule has 0 aliphatic carbocycles. The maximum atomic E-state index is 13.4. The van der Waals surface area contributed by atoms with Crippen LogP contribution in [0.2, 0.25) is 0 Å². The zero-order chi connectivity index (χ0) is 14.7. The van der Waals surface area contributed by atoms with Gasteiger partial charge in [0, 0.05) is 29.4 Å². The topological polar surface area (TPSA) is 55.2 Å². The minimum Gasteiger partial charge on any atom is -0.381 e. The van der Waals surface area contributed by atoms with Gasteiger partial charge in [-0.3, -0.25) is 10.1 Å². The van der Waals surface area contributed by atoms with E-state index < -0.39 is 16.6 Å². The molecule has 6 heteroatoms. The van der Waals surface area contributed by atoms with E-state index in [1.807, 2.05) is 0 Å². The molecule has 0 aliphatic rings. The average Bonchev–Trinajstić information content (AvgIpc) is 2.41. The molecule has 0 amide bonds. The van der Waals surface area contributed by atoms with Crippen molar-refractivity contribution < 1.29 is 13.7 Å². The highest BCUT2D eigenvalue weighted by Crippen LogP contribution is 2.23. The van der Waals surface area contributed by atoms with Crippen molar-refractivity contribution in [3.63, 3.8) is 0 Å². The first kappa shape index (κ1) is 13.9. The Bertz CT molecular complexity index is 660. The number of anilines is 1. The van der Waals surface area contributed by atoms with Crippen LogP contribution in [0, 0.1) is 28.7 Å². The summed E-state index contributed by atoms with van der Waals surface area (Å²) in [5.74, 6) is -1.06. The Hall–Kier alpha value is -2.50. The maximum absolute atomic E-state index is 13.4. The van der Waals surface area contributed by atoms with Crippen LogP contribution in [-0.4, -0.2) is 4.92 Å². The molecule has 0 fully saturated rings. The highest BCUT2D eigenvalue weighted by Gasteiger charge is 2.11. The van der Waals surface area contributed by atoms with Crippen molar-refractivity contribution in [3.05, 3.63) is 69.3 Å². The Morgan fingerprint density at radius 1 is 1.20 bits per heavy atom. The zero-order valence-electron chi connectivity index (χ0n) is 10.7. The third-order valence-electron chi connectivity index (χ3n) is 2.90. The van der Waals surface area contributed by atoms with Gasteiger partial charge in [0.25, 0.3) is 5.69 Å². The third kappa shape index (κ3) is 3.09. The summed E-state index contributed by atoms with van der Waals surface area (Å²) in [6, 6.07) is 7.79. The second-order valence-electron chi connectivity index (χ2n) is 4.35. The average molecular weight is 278 g/mol. The van der Waals surface area contributed by atoms with Crippen molar-refractivity contribution in [3.8, 4) is 0 Å². The summed E-state index contributed by atoms with van der Waals surface area (Å²) in [5.41, 5.74) is 1.16. The van der Waals surface area contributed by atoms with Crippen LogP contribution >= 0.6 is 0 Å². The zero-order valence-corrected chi connectivity index (χ0v) is 10.7. The van der Waals surface area contributed by atoms with Crippen molar-refractivity contribution in [2.75, 3.05) is 5.32 Å². The highest BCUT2D eigenvalue weighted by atomic mass is 19.1. The number of nitro benzene ring substituents is 1. The van der Waals surface area contributed by atoms with Crippen LogP contribution in [0.25, 0.3) is 0 Å². The molecule has 0 saturated heterocycles. The summed E-state index contributed by atoms with van der Waals surface area (Å²) in [6.07, 6.45) is 0. The molecule has 1 N–H and O–H groups in total. The number of nitro groups is 1. The standard InChI is InChI=1S/C14H12F2N2O2/c1-9-2-4-12(7-14(9)18(19)20)17-8-10-6-11(15)3-5-13(10)16/h2-7,17H,8H2,1H3. The summed E-state index contributed by atoms with van der Waals surface area (Å²) in [7, 11) is 0. The molecule has 0 radical (unpaired) electrons. The van der Waals surface area contributed by atoms with Gasteiger partial charge in [-0.1, -0.05) is 6.07 Å². The van der Waals surface area contributed by atoms with Gasteiger partial charge in [0.2, 0.25) is 0 Å². The van der Waals surface area contributed by atoms with Gasteiger partial charge in [-0.15, -0.1) is 0 Å². The Morgan fingerprint density at radius 3 is 2.65 bits per heavy atom. The summed E-state index contributed by atoms with van der Waals surface area (Å²) < 4.78 is 26.4. The van der Waals surface area contributed by atoms with E-state index in [2.05, 4.69) is 5.32 Å². The van der Waals surface area contributed by atoms with Crippen LogP contribution < -0.4 is 5.32 Å². The molecule has 0 aromatic heterocycles. The third-order valence-corrected chi connectivity index (χ3v) is 2.90. The fraction of sp³-hybridized carbons (Fsp3) is 0.143. The summed E-state index contributed by atoms with van der Waals surface area (Å²) in [5, 5.41) is 13.7. The fourth-order valence-corrected chi connectivity index (χ4v) is 1.79. The van der Waals surface area contributed by atoms with Gasteiger partial charge in [0.15, 0.2) is 0 Å². The first-order valence-electron chi connectivity index (χ1n) is 5.90.